The third kappa shape index (κ3) is 3.01. The molecule has 0 saturated carbocycles. The summed E-state index contributed by atoms with van der Waals surface area (Å²) in [5.41, 5.74) is 2.68. The monoisotopic (exact) mass is 301 g/mol. The lowest BCUT2D eigenvalue weighted by Gasteiger charge is -2.12. The van der Waals surface area contributed by atoms with Gasteiger partial charge in [0.15, 0.2) is 0 Å². The van der Waals surface area contributed by atoms with Crippen LogP contribution in [0.15, 0.2) is 42.5 Å². The van der Waals surface area contributed by atoms with E-state index in [9.17, 15) is 5.11 Å². The zero-order valence-corrected chi connectivity index (χ0v) is 12.4. The molecule has 1 unspecified atom stereocenters. The molecule has 0 fully saturated rings. The fraction of sp³-hybridized carbons (Fsp3) is 0.188. The highest BCUT2D eigenvalue weighted by molar-refractivity contribution is 6.31. The molecule has 0 bridgehead atoms. The molecule has 21 heavy (non-hydrogen) atoms. The Morgan fingerprint density at radius 3 is 2.90 bits per heavy atom. The minimum Gasteiger partial charge on any atom is -0.508 e. The van der Waals surface area contributed by atoms with Crippen molar-refractivity contribution in [3.8, 4) is 5.75 Å². The number of fused-ring (bicyclic) bond motifs is 1. The average Bonchev–Trinajstić information content (AvgIpc) is 2.89. The molecule has 0 spiro atoms. The predicted molar refractivity (Wildman–Crippen MR) is 84.5 cm³/mol. The molecule has 0 amide bonds. The lowest BCUT2D eigenvalue weighted by Crippen LogP contribution is -2.19. The molecule has 1 heterocycles. The van der Waals surface area contributed by atoms with Crippen molar-refractivity contribution in [3.63, 3.8) is 0 Å². The molecule has 2 aromatic carbocycles. The topological polar surface area (TPSA) is 60.9 Å². The summed E-state index contributed by atoms with van der Waals surface area (Å²) in [5.74, 6) is 1.15. The molecule has 1 aromatic heterocycles. The van der Waals surface area contributed by atoms with Gasteiger partial charge in [-0.25, -0.2) is 4.98 Å². The molecule has 0 aliphatic heterocycles. The van der Waals surface area contributed by atoms with Crippen LogP contribution in [0.25, 0.3) is 11.0 Å². The number of nitrogens with zero attached hydrogens (tertiary/aromatic N) is 1. The van der Waals surface area contributed by atoms with Crippen molar-refractivity contribution in [3.05, 3.63) is 58.9 Å². The number of phenols is 1. The largest absolute Gasteiger partial charge is 0.508 e. The van der Waals surface area contributed by atoms with E-state index < -0.39 is 0 Å². The SMILES string of the molecule is CC(NCc1ccccc1O)c1nc2ccc(Cl)cc2[nH]1. The van der Waals surface area contributed by atoms with Gasteiger partial charge in [-0.2, -0.15) is 0 Å². The zero-order chi connectivity index (χ0) is 14.8. The van der Waals surface area contributed by atoms with Gasteiger partial charge in [0.1, 0.15) is 11.6 Å². The number of halogens is 1. The molecule has 1 atom stereocenters. The van der Waals surface area contributed by atoms with Crippen LogP contribution >= 0.6 is 11.6 Å². The van der Waals surface area contributed by atoms with Crippen LogP contribution in [0.5, 0.6) is 5.75 Å². The van der Waals surface area contributed by atoms with Gasteiger partial charge < -0.3 is 15.4 Å². The molecule has 108 valence electrons. The number of hydrogen-bond donors (Lipinski definition) is 3. The second-order valence-corrected chi connectivity index (χ2v) is 5.45. The zero-order valence-electron chi connectivity index (χ0n) is 11.6. The number of aromatic hydroxyl groups is 1. The Bertz CT molecular complexity index is 769. The van der Waals surface area contributed by atoms with E-state index >= 15 is 0 Å². The van der Waals surface area contributed by atoms with E-state index in [1.807, 2.05) is 43.3 Å². The third-order valence-corrected chi connectivity index (χ3v) is 3.70. The second kappa shape index (κ2) is 5.76. The minimum absolute atomic E-state index is 0.0378. The second-order valence-electron chi connectivity index (χ2n) is 5.01. The highest BCUT2D eigenvalue weighted by atomic mass is 35.5. The van der Waals surface area contributed by atoms with Crippen molar-refractivity contribution in [2.45, 2.75) is 19.5 Å². The van der Waals surface area contributed by atoms with Crippen LogP contribution in [0.4, 0.5) is 0 Å². The van der Waals surface area contributed by atoms with Crippen molar-refractivity contribution in [2.24, 2.45) is 0 Å². The van der Waals surface area contributed by atoms with Gasteiger partial charge in [-0.15, -0.1) is 0 Å². The first-order valence-electron chi connectivity index (χ1n) is 6.79. The van der Waals surface area contributed by atoms with E-state index in [4.69, 9.17) is 11.6 Å². The molecule has 0 radical (unpaired) electrons. The maximum Gasteiger partial charge on any atom is 0.124 e. The fourth-order valence-corrected chi connectivity index (χ4v) is 2.40. The summed E-state index contributed by atoms with van der Waals surface area (Å²) in [7, 11) is 0. The van der Waals surface area contributed by atoms with Gasteiger partial charge in [0.05, 0.1) is 17.1 Å². The van der Waals surface area contributed by atoms with Crippen LogP contribution in [0.1, 0.15) is 24.4 Å². The van der Waals surface area contributed by atoms with Crippen LogP contribution in [0, 0.1) is 0 Å². The first-order valence-corrected chi connectivity index (χ1v) is 7.16. The lowest BCUT2D eigenvalue weighted by atomic mass is 10.2. The van der Waals surface area contributed by atoms with E-state index in [1.165, 1.54) is 0 Å². The highest BCUT2D eigenvalue weighted by Crippen LogP contribution is 2.21. The Hall–Kier alpha value is -2.04. The summed E-state index contributed by atoms with van der Waals surface area (Å²) in [6.45, 7) is 2.60. The van der Waals surface area contributed by atoms with Gasteiger partial charge >= 0.3 is 0 Å². The maximum absolute atomic E-state index is 9.76. The van der Waals surface area contributed by atoms with E-state index in [-0.39, 0.29) is 6.04 Å². The van der Waals surface area contributed by atoms with Crippen molar-refractivity contribution >= 4 is 22.6 Å². The van der Waals surface area contributed by atoms with Crippen molar-refractivity contribution in [1.82, 2.24) is 15.3 Å². The Morgan fingerprint density at radius 1 is 1.29 bits per heavy atom. The quantitative estimate of drug-likeness (QED) is 0.687. The number of phenolic OH excluding ortho intramolecular Hbond substituents is 1. The predicted octanol–water partition coefficient (Wildman–Crippen LogP) is 3.77. The number of benzene rings is 2. The van der Waals surface area contributed by atoms with Crippen molar-refractivity contribution in [2.75, 3.05) is 0 Å². The molecule has 3 aromatic rings. The van der Waals surface area contributed by atoms with Gasteiger partial charge in [0.25, 0.3) is 0 Å². The Balaban J connectivity index is 1.75. The highest BCUT2D eigenvalue weighted by Gasteiger charge is 2.11. The van der Waals surface area contributed by atoms with Crippen LogP contribution < -0.4 is 5.32 Å². The smallest absolute Gasteiger partial charge is 0.124 e. The minimum atomic E-state index is 0.0378. The van der Waals surface area contributed by atoms with E-state index in [2.05, 4.69) is 15.3 Å². The molecule has 3 rings (SSSR count). The van der Waals surface area contributed by atoms with Crippen LogP contribution in [0.2, 0.25) is 5.02 Å². The van der Waals surface area contributed by atoms with Crippen LogP contribution in [-0.4, -0.2) is 15.1 Å². The van der Waals surface area contributed by atoms with Crippen LogP contribution in [0.3, 0.4) is 0 Å². The number of para-hydroxylation sites is 1. The standard InChI is InChI=1S/C16H16ClN3O/c1-10(18-9-11-4-2-3-5-15(11)21)16-19-13-7-6-12(17)8-14(13)20-16/h2-8,10,18,21H,9H2,1H3,(H,19,20). The lowest BCUT2D eigenvalue weighted by molar-refractivity contribution is 0.459. The number of imidazole rings is 1. The third-order valence-electron chi connectivity index (χ3n) is 3.46. The van der Waals surface area contributed by atoms with Gasteiger partial charge in [-0.3, -0.25) is 0 Å². The number of H-pyrrole nitrogens is 1. The molecule has 5 heteroatoms. The van der Waals surface area contributed by atoms with Crippen LogP contribution in [-0.2, 0) is 6.54 Å². The van der Waals surface area contributed by atoms with Gasteiger partial charge in [0, 0.05) is 17.1 Å². The summed E-state index contributed by atoms with van der Waals surface area (Å²) < 4.78 is 0. The summed E-state index contributed by atoms with van der Waals surface area (Å²) in [6.07, 6.45) is 0. The summed E-state index contributed by atoms with van der Waals surface area (Å²) in [6, 6.07) is 12.9. The molecule has 4 nitrogen and oxygen atoms in total. The molecule has 0 aliphatic carbocycles. The Morgan fingerprint density at radius 2 is 2.10 bits per heavy atom. The van der Waals surface area contributed by atoms with Gasteiger partial charge in [0.2, 0.25) is 0 Å². The normalized spacial score (nSPS) is 12.7. The first kappa shape index (κ1) is 13.9. The average molecular weight is 302 g/mol. The van der Waals surface area contributed by atoms with Gasteiger partial charge in [-0.05, 0) is 31.2 Å². The van der Waals surface area contributed by atoms with E-state index in [0.29, 0.717) is 17.3 Å². The number of rotatable bonds is 4. The first-order chi connectivity index (χ1) is 10.1. The fourth-order valence-electron chi connectivity index (χ4n) is 2.23. The van der Waals surface area contributed by atoms with E-state index in [1.54, 1.807) is 6.07 Å². The van der Waals surface area contributed by atoms with Crippen molar-refractivity contribution < 1.29 is 5.11 Å². The summed E-state index contributed by atoms with van der Waals surface area (Å²) in [5, 5.41) is 13.8. The van der Waals surface area contributed by atoms with Crippen molar-refractivity contribution in [1.29, 1.82) is 0 Å². The number of nitrogens with one attached hydrogen (secondary N) is 2. The summed E-state index contributed by atoms with van der Waals surface area (Å²) in [4.78, 5) is 7.82. The van der Waals surface area contributed by atoms with E-state index in [0.717, 1.165) is 22.4 Å². The van der Waals surface area contributed by atoms with Gasteiger partial charge in [-0.1, -0.05) is 29.8 Å². The number of aromatic nitrogens is 2. The molecular formula is C16H16ClN3O. The number of hydrogen-bond acceptors (Lipinski definition) is 3. The summed E-state index contributed by atoms with van der Waals surface area (Å²) >= 11 is 5.97. The molecular weight excluding hydrogens is 286 g/mol. The maximum atomic E-state index is 9.76. The Labute approximate surface area is 127 Å². The molecule has 3 N–H and O–H groups in total. The Kier molecular flexibility index (Phi) is 3.82. The molecule has 0 aliphatic rings. The molecule has 0 saturated heterocycles. The number of aromatic amines is 1.